The number of aliphatic imine (C=N–C) groups is 1. The summed E-state index contributed by atoms with van der Waals surface area (Å²) in [5, 5.41) is 10.9. The maximum atomic E-state index is 12.8. The van der Waals surface area contributed by atoms with Gasteiger partial charge < -0.3 is 24.1 Å². The van der Waals surface area contributed by atoms with Crippen molar-refractivity contribution >= 4 is 40.7 Å². The Hall–Kier alpha value is -4.05. The van der Waals surface area contributed by atoms with Gasteiger partial charge >= 0.3 is 11.9 Å². The molecule has 0 radical (unpaired) electrons. The van der Waals surface area contributed by atoms with Gasteiger partial charge in [-0.15, -0.1) is 0 Å². The summed E-state index contributed by atoms with van der Waals surface area (Å²) in [5.41, 5.74) is 1.77. The maximum Gasteiger partial charge on any atom is 0.344 e. The van der Waals surface area contributed by atoms with Crippen LogP contribution in [0.15, 0.2) is 63.7 Å². The van der Waals surface area contributed by atoms with Crippen LogP contribution in [0.5, 0.6) is 11.5 Å². The Labute approximate surface area is 218 Å². The molecule has 1 N–H and O–H groups in total. The molecule has 0 saturated heterocycles. The summed E-state index contributed by atoms with van der Waals surface area (Å²) in [5.74, 6) is -1.50. The zero-order valence-corrected chi connectivity index (χ0v) is 21.7. The Bertz CT molecular complexity index is 1280. The minimum absolute atomic E-state index is 0.0378. The van der Waals surface area contributed by atoms with Crippen LogP contribution < -0.4 is 9.47 Å². The molecule has 1 aliphatic rings. The number of hydrogen-bond acceptors (Lipinski definition) is 9. The van der Waals surface area contributed by atoms with E-state index in [0.29, 0.717) is 34.1 Å². The Balaban J connectivity index is 1.96. The predicted molar refractivity (Wildman–Crippen MR) is 140 cm³/mol. The van der Waals surface area contributed by atoms with E-state index in [-0.39, 0.29) is 29.6 Å². The van der Waals surface area contributed by atoms with Crippen LogP contribution in [0.2, 0.25) is 0 Å². The topological polar surface area (TPSA) is 121 Å². The van der Waals surface area contributed by atoms with Gasteiger partial charge in [-0.05, 0) is 56.7 Å². The third-order valence-electron chi connectivity index (χ3n) is 5.01. The highest BCUT2D eigenvalue weighted by molar-refractivity contribution is 8.18. The van der Waals surface area contributed by atoms with Gasteiger partial charge in [0.25, 0.3) is 5.91 Å². The van der Waals surface area contributed by atoms with Crippen LogP contribution in [0.3, 0.4) is 0 Å². The van der Waals surface area contributed by atoms with Crippen molar-refractivity contribution in [3.05, 3.63) is 75.4 Å². The summed E-state index contributed by atoms with van der Waals surface area (Å²) >= 11 is 0.975. The van der Waals surface area contributed by atoms with Crippen LogP contribution in [0.1, 0.15) is 35.3 Å². The van der Waals surface area contributed by atoms with Gasteiger partial charge in [-0.2, -0.15) is 0 Å². The molecule has 0 atom stereocenters. The van der Waals surface area contributed by atoms with Crippen LogP contribution in [-0.2, 0) is 19.1 Å². The van der Waals surface area contributed by atoms with Crippen LogP contribution in [0.25, 0.3) is 6.08 Å². The molecule has 0 aromatic heterocycles. The number of amides is 1. The van der Waals surface area contributed by atoms with E-state index < -0.39 is 17.8 Å². The Morgan fingerprint density at radius 3 is 2.38 bits per heavy atom. The number of aliphatic hydroxyl groups is 1. The van der Waals surface area contributed by atoms with E-state index in [1.54, 1.807) is 62.4 Å². The van der Waals surface area contributed by atoms with Gasteiger partial charge in [0.1, 0.15) is 16.4 Å². The normalized spacial score (nSPS) is 15.1. The molecule has 1 heterocycles. The lowest BCUT2D eigenvalue weighted by atomic mass is 10.1. The number of aliphatic hydroxyl groups excluding tert-OH is 1. The quantitative estimate of drug-likeness (QED) is 0.467. The minimum atomic E-state index is -0.784. The number of methoxy groups -OCH3 is 1. The molecule has 0 unspecified atom stereocenters. The lowest BCUT2D eigenvalue weighted by Gasteiger charge is -2.12. The second-order valence-electron chi connectivity index (χ2n) is 7.65. The fraction of sp³-hybridized carbons (Fsp3) is 0.259. The molecule has 3 rings (SSSR count). The minimum Gasteiger partial charge on any atom is -0.506 e. The van der Waals surface area contributed by atoms with Crippen LogP contribution in [0.4, 0.5) is 0 Å². The van der Waals surface area contributed by atoms with Crippen molar-refractivity contribution in [1.82, 2.24) is 0 Å². The lowest BCUT2D eigenvalue weighted by Crippen LogP contribution is -2.14. The van der Waals surface area contributed by atoms with E-state index in [1.165, 1.54) is 7.11 Å². The first-order valence-electron chi connectivity index (χ1n) is 11.4. The molecular formula is C27H27NO8S. The molecule has 0 fully saturated rings. The first-order valence-corrected chi connectivity index (χ1v) is 12.3. The summed E-state index contributed by atoms with van der Waals surface area (Å²) in [4.78, 5) is 41.2. The number of carbonyl (C=O) groups excluding carboxylic acids is 3. The molecular weight excluding hydrogens is 498 g/mol. The second-order valence-corrected chi connectivity index (χ2v) is 8.68. The van der Waals surface area contributed by atoms with E-state index in [9.17, 15) is 19.5 Å². The molecule has 9 nitrogen and oxygen atoms in total. The molecule has 1 aliphatic heterocycles. The number of esters is 2. The molecule has 194 valence electrons. The average Bonchev–Trinajstić information content (AvgIpc) is 3.18. The molecule has 1 amide bonds. The summed E-state index contributed by atoms with van der Waals surface area (Å²) < 4.78 is 20.8. The number of rotatable bonds is 9. The number of thioether (sulfide) groups is 1. The van der Waals surface area contributed by atoms with Gasteiger partial charge in [0, 0.05) is 5.56 Å². The fourth-order valence-corrected chi connectivity index (χ4v) is 4.21. The summed E-state index contributed by atoms with van der Waals surface area (Å²) in [6.07, 6.45) is 1.62. The van der Waals surface area contributed by atoms with Crippen molar-refractivity contribution in [2.45, 2.75) is 20.8 Å². The summed E-state index contributed by atoms with van der Waals surface area (Å²) in [6, 6.07) is 11.8. The largest absolute Gasteiger partial charge is 0.506 e. The van der Waals surface area contributed by atoms with Gasteiger partial charge in [0.15, 0.2) is 18.1 Å². The Morgan fingerprint density at radius 1 is 1.00 bits per heavy atom. The Morgan fingerprint density at radius 2 is 1.73 bits per heavy atom. The maximum absolute atomic E-state index is 12.8. The van der Waals surface area contributed by atoms with Gasteiger partial charge in [-0.25, -0.2) is 14.6 Å². The van der Waals surface area contributed by atoms with Gasteiger partial charge in [0.05, 0.1) is 25.2 Å². The van der Waals surface area contributed by atoms with Crippen molar-refractivity contribution in [3.63, 3.8) is 0 Å². The zero-order chi connectivity index (χ0) is 26.9. The molecule has 2 aromatic rings. The fourth-order valence-electron chi connectivity index (χ4n) is 3.19. The van der Waals surface area contributed by atoms with Crippen LogP contribution in [0, 0.1) is 6.92 Å². The predicted octanol–water partition coefficient (Wildman–Crippen LogP) is 4.65. The first-order chi connectivity index (χ1) is 17.8. The molecule has 0 saturated carbocycles. The molecule has 0 aliphatic carbocycles. The zero-order valence-electron chi connectivity index (χ0n) is 20.9. The van der Waals surface area contributed by atoms with E-state index in [2.05, 4.69) is 9.73 Å². The van der Waals surface area contributed by atoms with Crippen LogP contribution in [-0.4, -0.2) is 54.9 Å². The van der Waals surface area contributed by atoms with Gasteiger partial charge in [0.2, 0.25) is 0 Å². The highest BCUT2D eigenvalue weighted by atomic mass is 32.2. The number of aryl methyl sites for hydroxylation is 1. The summed E-state index contributed by atoms with van der Waals surface area (Å²) in [6.45, 7) is 5.49. The third-order valence-corrected chi connectivity index (χ3v) is 6.03. The monoisotopic (exact) mass is 525 g/mol. The van der Waals surface area contributed by atoms with E-state index in [1.807, 2.05) is 6.92 Å². The van der Waals surface area contributed by atoms with E-state index in [4.69, 9.17) is 14.2 Å². The molecule has 37 heavy (non-hydrogen) atoms. The highest BCUT2D eigenvalue weighted by Gasteiger charge is 2.34. The van der Waals surface area contributed by atoms with Crippen molar-refractivity contribution in [2.24, 2.45) is 4.99 Å². The molecule has 10 heteroatoms. The van der Waals surface area contributed by atoms with Gasteiger partial charge in [-0.3, -0.25) is 4.79 Å². The van der Waals surface area contributed by atoms with Crippen LogP contribution >= 0.6 is 11.8 Å². The number of benzene rings is 2. The SMILES string of the molecule is CCOC(=O)C1=C(O)/C(=C/c2ccc(OCC(=O)OC)c(OCC)c2)SC1=NC(=O)c1ccc(C)cc1. The lowest BCUT2D eigenvalue weighted by molar-refractivity contribution is -0.143. The van der Waals surface area contributed by atoms with Crippen molar-refractivity contribution < 1.29 is 38.4 Å². The second kappa shape index (κ2) is 12.8. The molecule has 2 aromatic carbocycles. The first kappa shape index (κ1) is 27.5. The number of ether oxygens (including phenoxy) is 4. The van der Waals surface area contributed by atoms with Crippen molar-refractivity contribution in [1.29, 1.82) is 0 Å². The van der Waals surface area contributed by atoms with Crippen molar-refractivity contribution in [2.75, 3.05) is 26.9 Å². The number of carbonyl (C=O) groups is 3. The van der Waals surface area contributed by atoms with Crippen molar-refractivity contribution in [3.8, 4) is 11.5 Å². The van der Waals surface area contributed by atoms with Gasteiger partial charge in [-0.1, -0.05) is 35.5 Å². The highest BCUT2D eigenvalue weighted by Crippen LogP contribution is 2.40. The average molecular weight is 526 g/mol. The number of nitrogens with zero attached hydrogens (tertiary/aromatic N) is 1. The van der Waals surface area contributed by atoms with E-state index in [0.717, 1.165) is 17.3 Å². The standard InChI is InChI=1S/C27H27NO8S/c1-5-34-20-13-17(9-12-19(20)36-15-22(29)33-4)14-21-24(30)23(27(32)35-6-2)26(37-21)28-25(31)18-10-7-16(3)8-11-18/h7-14,30H,5-6,15H2,1-4H3/b21-14-,28-26?. The molecule has 0 spiro atoms. The van der Waals surface area contributed by atoms with E-state index >= 15 is 0 Å². The smallest absolute Gasteiger partial charge is 0.344 e. The number of hydrogen-bond donors (Lipinski definition) is 1. The molecule has 0 bridgehead atoms. The third kappa shape index (κ3) is 7.01. The Kier molecular flexibility index (Phi) is 9.51. The summed E-state index contributed by atoms with van der Waals surface area (Å²) in [7, 11) is 1.26.